The molecule has 1 aliphatic carbocycles. The van der Waals surface area contributed by atoms with Gasteiger partial charge in [-0.25, -0.2) is 4.98 Å². The quantitative estimate of drug-likeness (QED) is 0.272. The van der Waals surface area contributed by atoms with Gasteiger partial charge in [0.25, 0.3) is 0 Å². The molecule has 0 saturated carbocycles. The third kappa shape index (κ3) is 2.94. The zero-order chi connectivity index (χ0) is 18.9. The molecule has 0 fully saturated rings. The van der Waals surface area contributed by atoms with Crippen molar-refractivity contribution in [3.8, 4) is 0 Å². The summed E-state index contributed by atoms with van der Waals surface area (Å²) in [7, 11) is 0. The van der Waals surface area contributed by atoms with Crippen molar-refractivity contribution in [1.29, 1.82) is 0 Å². The fourth-order valence-electron chi connectivity index (χ4n) is 3.98. The molecule has 28 heavy (non-hydrogen) atoms. The normalized spacial score (nSPS) is 16.3. The summed E-state index contributed by atoms with van der Waals surface area (Å²) >= 11 is 1.55. The molecule has 5 heteroatoms. The summed E-state index contributed by atoms with van der Waals surface area (Å²) in [6, 6.07) is 22.8. The molecule has 138 valence electrons. The van der Waals surface area contributed by atoms with Crippen molar-refractivity contribution in [1.82, 2.24) is 4.98 Å². The van der Waals surface area contributed by atoms with Crippen molar-refractivity contribution in [2.24, 2.45) is 5.16 Å². The van der Waals surface area contributed by atoms with Crippen molar-refractivity contribution in [3.63, 3.8) is 0 Å². The summed E-state index contributed by atoms with van der Waals surface area (Å²) < 4.78 is 0. The van der Waals surface area contributed by atoms with Gasteiger partial charge in [-0.1, -0.05) is 47.6 Å². The minimum Gasteiger partial charge on any atom is -0.410 e. The smallest absolute Gasteiger partial charge is 0.127 e. The van der Waals surface area contributed by atoms with E-state index in [1.54, 1.807) is 11.3 Å². The van der Waals surface area contributed by atoms with E-state index < -0.39 is 0 Å². The summed E-state index contributed by atoms with van der Waals surface area (Å²) in [4.78, 5) is 5.76. The second-order valence-electron chi connectivity index (χ2n) is 6.93. The Bertz CT molecular complexity index is 1170. The van der Waals surface area contributed by atoms with Gasteiger partial charge in [0.1, 0.15) is 11.5 Å². The van der Waals surface area contributed by atoms with Crippen molar-refractivity contribution < 1.29 is 5.21 Å². The number of rotatable bonds is 4. The van der Waals surface area contributed by atoms with Crippen molar-refractivity contribution >= 4 is 33.8 Å². The molecule has 0 amide bonds. The molecular formula is C23H19N3OS. The molecule has 0 saturated heterocycles. The van der Waals surface area contributed by atoms with Crippen LogP contribution in [-0.2, 0) is 6.42 Å². The van der Waals surface area contributed by atoms with Gasteiger partial charge >= 0.3 is 0 Å². The summed E-state index contributed by atoms with van der Waals surface area (Å²) in [6.07, 6.45) is 2.18. The van der Waals surface area contributed by atoms with E-state index in [0.717, 1.165) is 40.0 Å². The van der Waals surface area contributed by atoms with E-state index in [0.29, 0.717) is 11.8 Å². The highest BCUT2D eigenvalue weighted by Crippen LogP contribution is 2.34. The van der Waals surface area contributed by atoms with E-state index in [1.807, 2.05) is 41.8 Å². The summed E-state index contributed by atoms with van der Waals surface area (Å²) in [5, 5.41) is 19.7. The van der Waals surface area contributed by atoms with Gasteiger partial charge in [0, 0.05) is 10.9 Å². The Kier molecular flexibility index (Phi) is 4.29. The van der Waals surface area contributed by atoms with Crippen molar-refractivity contribution in [2.75, 3.05) is 5.32 Å². The van der Waals surface area contributed by atoms with Crippen LogP contribution in [0.15, 0.2) is 77.3 Å². The van der Waals surface area contributed by atoms with Gasteiger partial charge < -0.3 is 10.5 Å². The molecule has 0 unspecified atom stereocenters. The first-order chi connectivity index (χ1) is 13.8. The Hall–Kier alpha value is -3.18. The van der Waals surface area contributed by atoms with Gasteiger partial charge in [-0.2, -0.15) is 0 Å². The average molecular weight is 385 g/mol. The lowest BCUT2D eigenvalue weighted by molar-refractivity contribution is 0.320. The van der Waals surface area contributed by atoms with E-state index in [9.17, 15) is 5.21 Å². The largest absolute Gasteiger partial charge is 0.410 e. The van der Waals surface area contributed by atoms with Crippen LogP contribution in [0.1, 0.15) is 34.0 Å². The molecule has 2 aromatic carbocycles. The summed E-state index contributed by atoms with van der Waals surface area (Å²) in [5.41, 5.74) is 5.13. The number of thiophene rings is 1. The lowest BCUT2D eigenvalue weighted by Crippen LogP contribution is -2.09. The fraction of sp³-hybridized carbons (Fsp3) is 0.130. The van der Waals surface area contributed by atoms with Gasteiger partial charge in [0.05, 0.1) is 16.4 Å². The van der Waals surface area contributed by atoms with Gasteiger partial charge in [0.2, 0.25) is 0 Å². The molecule has 0 aliphatic heterocycles. The highest BCUT2D eigenvalue weighted by Gasteiger charge is 2.22. The Morgan fingerprint density at radius 2 is 1.96 bits per heavy atom. The number of oxime groups is 1. The molecule has 2 heterocycles. The van der Waals surface area contributed by atoms with Gasteiger partial charge in [0.15, 0.2) is 0 Å². The molecule has 4 aromatic rings. The molecule has 1 atom stereocenters. The molecule has 1 aliphatic rings. The molecule has 2 N–H and O–H groups in total. The molecule has 2 aromatic heterocycles. The monoisotopic (exact) mass is 385 g/mol. The third-order valence-electron chi connectivity index (χ3n) is 5.30. The van der Waals surface area contributed by atoms with Crippen LogP contribution in [0.25, 0.3) is 10.9 Å². The number of anilines is 1. The maximum absolute atomic E-state index is 9.61. The minimum absolute atomic E-state index is 0.296. The van der Waals surface area contributed by atoms with Gasteiger partial charge in [-0.3, -0.25) is 0 Å². The zero-order valence-electron chi connectivity index (χ0n) is 15.2. The Morgan fingerprint density at radius 1 is 1.04 bits per heavy atom. The Labute approximate surface area is 167 Å². The molecular weight excluding hydrogens is 366 g/mol. The first-order valence-electron chi connectivity index (χ1n) is 9.34. The lowest BCUT2D eigenvalue weighted by Gasteiger charge is -2.16. The second-order valence-corrected chi connectivity index (χ2v) is 7.88. The number of hydrogen-bond donors (Lipinski definition) is 2. The second kappa shape index (κ2) is 7.09. The molecule has 5 rings (SSSR count). The number of benzene rings is 2. The first-order valence-corrected chi connectivity index (χ1v) is 10.2. The van der Waals surface area contributed by atoms with Crippen LogP contribution in [-0.4, -0.2) is 15.9 Å². The van der Waals surface area contributed by atoms with Gasteiger partial charge in [-0.15, -0.1) is 11.3 Å². The Balaban J connectivity index is 1.50. The van der Waals surface area contributed by atoms with E-state index in [2.05, 4.69) is 40.8 Å². The topological polar surface area (TPSA) is 57.5 Å². The highest BCUT2D eigenvalue weighted by atomic mass is 32.1. The van der Waals surface area contributed by atoms with Crippen molar-refractivity contribution in [3.05, 3.63) is 93.7 Å². The molecule has 0 radical (unpaired) electrons. The molecule has 0 spiro atoms. The fourth-order valence-corrected chi connectivity index (χ4v) is 4.70. The number of pyridine rings is 1. The van der Waals surface area contributed by atoms with Crippen LogP contribution < -0.4 is 5.32 Å². The van der Waals surface area contributed by atoms with Gasteiger partial charge in [-0.05, 0) is 53.6 Å². The minimum atomic E-state index is 0.296. The summed E-state index contributed by atoms with van der Waals surface area (Å²) in [6.45, 7) is 0. The van der Waals surface area contributed by atoms with Crippen LogP contribution in [0.5, 0.6) is 0 Å². The maximum atomic E-state index is 9.61. The third-order valence-corrected chi connectivity index (χ3v) is 6.17. The first kappa shape index (κ1) is 17.0. The SMILES string of the molecule is O/N=C(/c1cccs1)c1cccc2nc(N[C@@H]3CCc4ccccc43)ccc12. The number of fused-ring (bicyclic) bond motifs is 2. The number of hydrogen-bond acceptors (Lipinski definition) is 5. The number of aryl methyl sites for hydroxylation is 1. The summed E-state index contributed by atoms with van der Waals surface area (Å²) in [5.74, 6) is 0.866. The predicted molar refractivity (Wildman–Crippen MR) is 115 cm³/mol. The van der Waals surface area contributed by atoms with E-state index in [-0.39, 0.29) is 0 Å². The zero-order valence-corrected chi connectivity index (χ0v) is 16.0. The van der Waals surface area contributed by atoms with E-state index >= 15 is 0 Å². The van der Waals surface area contributed by atoms with E-state index in [4.69, 9.17) is 4.98 Å². The van der Waals surface area contributed by atoms with Crippen LogP contribution in [0.2, 0.25) is 0 Å². The van der Waals surface area contributed by atoms with Crippen LogP contribution in [0, 0.1) is 0 Å². The standard InChI is InChI=1S/C23H19N3OS/c27-26-23(21-9-4-14-28-21)18-7-3-8-19-17(18)11-13-22(24-19)25-20-12-10-15-5-1-2-6-16(15)20/h1-9,11,13-14,20,27H,10,12H2,(H,24,25)/b26-23+/t20-/m1/s1. The Morgan fingerprint density at radius 3 is 2.82 bits per heavy atom. The number of aromatic nitrogens is 1. The predicted octanol–water partition coefficient (Wildman–Crippen LogP) is 5.62. The maximum Gasteiger partial charge on any atom is 0.127 e. The lowest BCUT2D eigenvalue weighted by atomic mass is 10.0. The molecule has 4 nitrogen and oxygen atoms in total. The molecule has 0 bridgehead atoms. The van der Waals surface area contributed by atoms with Crippen molar-refractivity contribution in [2.45, 2.75) is 18.9 Å². The highest BCUT2D eigenvalue weighted by molar-refractivity contribution is 7.12. The number of nitrogens with one attached hydrogen (secondary N) is 1. The average Bonchev–Trinajstić information content (AvgIpc) is 3.40. The van der Waals surface area contributed by atoms with Crippen LogP contribution >= 0.6 is 11.3 Å². The van der Waals surface area contributed by atoms with E-state index in [1.165, 1.54) is 11.1 Å². The van der Waals surface area contributed by atoms with Crippen LogP contribution in [0.3, 0.4) is 0 Å². The van der Waals surface area contributed by atoms with Crippen LogP contribution in [0.4, 0.5) is 5.82 Å². The number of nitrogens with zero attached hydrogens (tertiary/aromatic N) is 2.